The lowest BCUT2D eigenvalue weighted by molar-refractivity contribution is -0.199. The zero-order chi connectivity index (χ0) is 22.8. The van der Waals surface area contributed by atoms with E-state index in [4.69, 9.17) is 5.73 Å². The molecule has 1 saturated heterocycles. The van der Waals surface area contributed by atoms with Gasteiger partial charge in [0.25, 0.3) is 0 Å². The first-order chi connectivity index (χ1) is 14.5. The van der Waals surface area contributed by atoms with Crippen LogP contribution in [0.2, 0.25) is 0 Å². The smallest absolute Gasteiger partial charge is 0.370 e. The summed E-state index contributed by atoms with van der Waals surface area (Å²) in [7, 11) is 0. The number of nitrogens with zero attached hydrogens (tertiary/aromatic N) is 3. The molecule has 1 aliphatic heterocycles. The maximum absolute atomic E-state index is 14.0. The number of nitrogens with one attached hydrogen (secondary N) is 1. The van der Waals surface area contributed by atoms with E-state index >= 15 is 0 Å². The molecule has 3 N–H and O–H groups in total. The summed E-state index contributed by atoms with van der Waals surface area (Å²) >= 11 is 0. The standard InChI is InChI=1S/C19H19F4N5O3/c20-11-7-14(28(9-11)17(31)18(4-5-18)19(21,22)23)16(30)27-13(8-15(24)29)2-1-12-3-6-25-10-26-12/h3,6,10-11,13-14H,4-5,7-9H2,(H2,24,29)(H,27,30)/t11-,13-,14+/m1/s1. The van der Waals surface area contributed by atoms with Gasteiger partial charge < -0.3 is 16.0 Å². The van der Waals surface area contributed by atoms with E-state index in [1.54, 1.807) is 0 Å². The number of hydrogen-bond acceptors (Lipinski definition) is 5. The van der Waals surface area contributed by atoms with E-state index in [0.29, 0.717) is 10.6 Å². The highest BCUT2D eigenvalue weighted by atomic mass is 19.4. The zero-order valence-electron chi connectivity index (χ0n) is 16.2. The fourth-order valence-electron chi connectivity index (χ4n) is 3.41. The average Bonchev–Trinajstić information content (AvgIpc) is 3.43. The number of aromatic nitrogens is 2. The Bertz CT molecular complexity index is 924. The lowest BCUT2D eigenvalue weighted by atomic mass is 10.0. The van der Waals surface area contributed by atoms with Crippen LogP contribution < -0.4 is 11.1 Å². The summed E-state index contributed by atoms with van der Waals surface area (Å²) in [5.74, 6) is 2.20. The van der Waals surface area contributed by atoms with E-state index in [1.165, 1.54) is 18.6 Å². The number of hydrogen-bond donors (Lipinski definition) is 2. The van der Waals surface area contributed by atoms with Crippen LogP contribution in [-0.2, 0) is 14.4 Å². The second-order valence-electron chi connectivity index (χ2n) is 7.48. The minimum absolute atomic E-state index is 0.293. The minimum Gasteiger partial charge on any atom is -0.370 e. The molecular formula is C19H19F4N5O3. The van der Waals surface area contributed by atoms with E-state index in [1.807, 2.05) is 0 Å². The Morgan fingerprint density at radius 3 is 2.61 bits per heavy atom. The SMILES string of the molecule is NC(=O)C[C@@H](C#Cc1ccncn1)NC(=O)[C@@H]1C[C@@H](F)CN1C(=O)C1(C(F)(F)F)CC1. The molecule has 1 saturated carbocycles. The molecule has 12 heteroatoms. The van der Waals surface area contributed by atoms with Gasteiger partial charge in [0.2, 0.25) is 17.7 Å². The van der Waals surface area contributed by atoms with E-state index in [-0.39, 0.29) is 0 Å². The Morgan fingerprint density at radius 2 is 2.06 bits per heavy atom. The molecule has 1 aliphatic carbocycles. The zero-order valence-corrected chi connectivity index (χ0v) is 16.2. The molecule has 1 aromatic rings. The fraction of sp³-hybridized carbons (Fsp3) is 0.526. The third kappa shape index (κ3) is 4.92. The molecule has 31 heavy (non-hydrogen) atoms. The Labute approximate surface area is 174 Å². The van der Waals surface area contributed by atoms with Crippen LogP contribution in [0, 0.1) is 17.3 Å². The molecule has 3 rings (SSSR count). The monoisotopic (exact) mass is 441 g/mol. The number of amides is 3. The van der Waals surface area contributed by atoms with Crippen LogP contribution in [0.3, 0.4) is 0 Å². The average molecular weight is 441 g/mol. The van der Waals surface area contributed by atoms with Crippen molar-refractivity contribution >= 4 is 17.7 Å². The summed E-state index contributed by atoms with van der Waals surface area (Å²) in [6.07, 6.45) is -5.40. The molecule has 1 aromatic heterocycles. The van der Waals surface area contributed by atoms with Crippen LogP contribution in [0.5, 0.6) is 0 Å². The second kappa shape index (κ2) is 8.49. The largest absolute Gasteiger partial charge is 0.403 e. The lowest BCUT2D eigenvalue weighted by Gasteiger charge is -2.29. The number of primary amides is 1. The van der Waals surface area contributed by atoms with E-state index in [2.05, 4.69) is 27.1 Å². The maximum atomic E-state index is 14.0. The molecule has 8 nitrogen and oxygen atoms in total. The molecule has 3 amide bonds. The summed E-state index contributed by atoms with van der Waals surface area (Å²) < 4.78 is 54.0. The van der Waals surface area contributed by atoms with Crippen molar-refractivity contribution in [1.82, 2.24) is 20.2 Å². The number of carbonyl (C=O) groups is 3. The van der Waals surface area contributed by atoms with Gasteiger partial charge in [-0.3, -0.25) is 14.4 Å². The summed E-state index contributed by atoms with van der Waals surface area (Å²) in [5, 5.41) is 2.38. The van der Waals surface area contributed by atoms with Crippen molar-refractivity contribution in [2.24, 2.45) is 11.1 Å². The van der Waals surface area contributed by atoms with E-state index in [9.17, 15) is 31.9 Å². The highest BCUT2D eigenvalue weighted by molar-refractivity contribution is 5.93. The second-order valence-corrected chi connectivity index (χ2v) is 7.48. The molecule has 0 aromatic carbocycles. The summed E-state index contributed by atoms with van der Waals surface area (Å²) in [5.41, 5.74) is 2.90. The molecule has 2 heterocycles. The molecule has 0 radical (unpaired) electrons. The van der Waals surface area contributed by atoms with Crippen molar-refractivity contribution in [3.63, 3.8) is 0 Å². The Hall–Kier alpha value is -3.23. The van der Waals surface area contributed by atoms with Crippen LogP contribution in [0.1, 0.15) is 31.4 Å². The quantitative estimate of drug-likeness (QED) is 0.509. The van der Waals surface area contributed by atoms with Crippen molar-refractivity contribution in [3.8, 4) is 11.8 Å². The summed E-state index contributed by atoms with van der Waals surface area (Å²) in [4.78, 5) is 44.8. The minimum atomic E-state index is -4.78. The van der Waals surface area contributed by atoms with Gasteiger partial charge in [-0.1, -0.05) is 5.92 Å². The molecule has 166 valence electrons. The number of halogens is 4. The molecule has 2 aliphatic rings. The van der Waals surface area contributed by atoms with Gasteiger partial charge in [0.15, 0.2) is 0 Å². The topological polar surface area (TPSA) is 118 Å². The van der Waals surface area contributed by atoms with Gasteiger partial charge in [0, 0.05) is 12.6 Å². The van der Waals surface area contributed by atoms with Gasteiger partial charge in [-0.25, -0.2) is 14.4 Å². The van der Waals surface area contributed by atoms with Crippen molar-refractivity contribution in [1.29, 1.82) is 0 Å². The number of rotatable bonds is 5. The first kappa shape index (κ1) is 22.5. The van der Waals surface area contributed by atoms with Gasteiger partial charge in [0.1, 0.15) is 29.6 Å². The highest BCUT2D eigenvalue weighted by Gasteiger charge is 2.70. The number of nitrogens with two attached hydrogens (primary N) is 1. The highest BCUT2D eigenvalue weighted by Crippen LogP contribution is 2.59. The van der Waals surface area contributed by atoms with Gasteiger partial charge in [-0.2, -0.15) is 13.2 Å². The molecule has 0 spiro atoms. The molecule has 3 atom stereocenters. The van der Waals surface area contributed by atoms with Crippen molar-refractivity contribution < 1.29 is 31.9 Å². The Balaban J connectivity index is 1.76. The first-order valence-corrected chi connectivity index (χ1v) is 9.41. The van der Waals surface area contributed by atoms with Crippen LogP contribution >= 0.6 is 0 Å². The lowest BCUT2D eigenvalue weighted by Crippen LogP contribution is -2.52. The Kier molecular flexibility index (Phi) is 6.15. The maximum Gasteiger partial charge on any atom is 0.403 e. The molecule has 0 unspecified atom stereocenters. The van der Waals surface area contributed by atoms with E-state index in [0.717, 1.165) is 0 Å². The van der Waals surface area contributed by atoms with Crippen LogP contribution in [0.25, 0.3) is 0 Å². The summed E-state index contributed by atoms with van der Waals surface area (Å²) in [6.45, 7) is -0.609. The van der Waals surface area contributed by atoms with Crippen LogP contribution in [-0.4, -0.2) is 63.6 Å². The molecule has 2 fully saturated rings. The Morgan fingerprint density at radius 1 is 1.35 bits per heavy atom. The number of alkyl halides is 4. The molecule has 0 bridgehead atoms. The predicted molar refractivity (Wildman–Crippen MR) is 97.4 cm³/mol. The predicted octanol–water partition coefficient (Wildman–Crippen LogP) is 0.470. The van der Waals surface area contributed by atoms with E-state index < -0.39 is 79.8 Å². The van der Waals surface area contributed by atoms with Gasteiger partial charge >= 0.3 is 6.18 Å². The van der Waals surface area contributed by atoms with Gasteiger partial charge in [-0.05, 0) is 24.8 Å². The van der Waals surface area contributed by atoms with Crippen LogP contribution in [0.15, 0.2) is 18.6 Å². The van der Waals surface area contributed by atoms with Crippen molar-refractivity contribution in [3.05, 3.63) is 24.3 Å². The molecular weight excluding hydrogens is 422 g/mol. The number of likely N-dealkylation sites (tertiary alicyclic amines) is 1. The normalized spacial score (nSPS) is 22.8. The van der Waals surface area contributed by atoms with Crippen LogP contribution in [0.4, 0.5) is 17.6 Å². The van der Waals surface area contributed by atoms with Gasteiger partial charge in [0.05, 0.1) is 19.0 Å². The third-order valence-electron chi connectivity index (χ3n) is 5.19. The number of carbonyl (C=O) groups excluding carboxylic acids is 3. The third-order valence-corrected chi connectivity index (χ3v) is 5.19. The van der Waals surface area contributed by atoms with Gasteiger partial charge in [-0.15, -0.1) is 0 Å². The van der Waals surface area contributed by atoms with Crippen molar-refractivity contribution in [2.75, 3.05) is 6.54 Å². The first-order valence-electron chi connectivity index (χ1n) is 9.41. The summed E-state index contributed by atoms with van der Waals surface area (Å²) in [6, 6.07) is -1.07. The van der Waals surface area contributed by atoms with Crippen molar-refractivity contribution in [2.45, 2.75) is 50.1 Å². The fourth-order valence-corrected chi connectivity index (χ4v) is 3.41.